The van der Waals surface area contributed by atoms with Gasteiger partial charge in [0.05, 0.1) is 24.2 Å². The van der Waals surface area contributed by atoms with E-state index in [1.165, 1.54) is 12.8 Å². The van der Waals surface area contributed by atoms with Crippen LogP contribution < -0.4 is 10.5 Å². The average molecular weight is 259 g/mol. The summed E-state index contributed by atoms with van der Waals surface area (Å²) >= 11 is 0. The Morgan fingerprint density at radius 1 is 1.37 bits per heavy atom. The van der Waals surface area contributed by atoms with E-state index in [2.05, 4.69) is 24.5 Å². The number of benzene rings is 1. The highest BCUT2D eigenvalue weighted by atomic mass is 16.5. The summed E-state index contributed by atoms with van der Waals surface area (Å²) in [5.41, 5.74) is 8.47. The molecule has 0 saturated heterocycles. The van der Waals surface area contributed by atoms with E-state index in [4.69, 9.17) is 15.5 Å². The van der Waals surface area contributed by atoms with Crippen LogP contribution in [0.15, 0.2) is 18.2 Å². The Morgan fingerprint density at radius 3 is 2.68 bits per heavy atom. The highest BCUT2D eigenvalue weighted by Gasteiger charge is 2.33. The van der Waals surface area contributed by atoms with Crippen molar-refractivity contribution in [2.75, 3.05) is 7.11 Å². The third-order valence-corrected chi connectivity index (χ3v) is 3.87. The summed E-state index contributed by atoms with van der Waals surface area (Å²) in [6, 6.07) is 6.45. The molecular formula is C15H21N3O. The second-order valence-electron chi connectivity index (χ2n) is 5.65. The average Bonchev–Trinajstić information content (AvgIpc) is 3.16. The number of hydrogen-bond acceptors (Lipinski definition) is 3. The molecule has 1 aromatic heterocycles. The van der Waals surface area contributed by atoms with E-state index in [0.717, 1.165) is 22.6 Å². The molecule has 1 saturated carbocycles. The van der Waals surface area contributed by atoms with E-state index < -0.39 is 0 Å². The van der Waals surface area contributed by atoms with Gasteiger partial charge in [-0.1, -0.05) is 0 Å². The van der Waals surface area contributed by atoms with Gasteiger partial charge in [-0.3, -0.25) is 0 Å². The second kappa shape index (κ2) is 4.53. The number of fused-ring (bicyclic) bond motifs is 1. The third kappa shape index (κ3) is 2.10. The van der Waals surface area contributed by atoms with Crippen molar-refractivity contribution < 1.29 is 4.74 Å². The highest BCUT2D eigenvalue weighted by molar-refractivity contribution is 5.78. The van der Waals surface area contributed by atoms with Crippen LogP contribution in [0, 0.1) is 5.92 Å². The first-order chi connectivity index (χ1) is 9.11. The molecule has 1 unspecified atom stereocenters. The summed E-state index contributed by atoms with van der Waals surface area (Å²) in [6.45, 7) is 4.35. The van der Waals surface area contributed by atoms with Gasteiger partial charge in [-0.05, 0) is 44.7 Å². The normalized spacial score (nSPS) is 17.1. The van der Waals surface area contributed by atoms with Crippen molar-refractivity contribution in [3.8, 4) is 5.75 Å². The van der Waals surface area contributed by atoms with E-state index >= 15 is 0 Å². The molecule has 1 aliphatic rings. The molecule has 2 aromatic rings. The van der Waals surface area contributed by atoms with Gasteiger partial charge in [0, 0.05) is 12.1 Å². The molecule has 102 valence electrons. The van der Waals surface area contributed by atoms with Gasteiger partial charge in [0.15, 0.2) is 0 Å². The van der Waals surface area contributed by atoms with E-state index in [-0.39, 0.29) is 6.04 Å². The summed E-state index contributed by atoms with van der Waals surface area (Å²) in [7, 11) is 1.68. The molecular weight excluding hydrogens is 238 g/mol. The molecule has 1 aliphatic carbocycles. The first kappa shape index (κ1) is 12.5. The maximum absolute atomic E-state index is 6.36. The summed E-state index contributed by atoms with van der Waals surface area (Å²) < 4.78 is 7.53. The number of hydrogen-bond donors (Lipinski definition) is 1. The van der Waals surface area contributed by atoms with Gasteiger partial charge in [0.1, 0.15) is 11.6 Å². The number of nitrogens with two attached hydrogens (primary N) is 1. The number of rotatable bonds is 4. The maximum atomic E-state index is 6.36. The van der Waals surface area contributed by atoms with Crippen molar-refractivity contribution in [1.29, 1.82) is 0 Å². The first-order valence-electron chi connectivity index (χ1n) is 6.93. The largest absolute Gasteiger partial charge is 0.497 e. The fourth-order valence-corrected chi connectivity index (χ4v) is 2.67. The zero-order chi connectivity index (χ0) is 13.6. The quantitative estimate of drug-likeness (QED) is 0.918. The molecule has 0 amide bonds. The molecule has 1 fully saturated rings. The fourth-order valence-electron chi connectivity index (χ4n) is 2.67. The standard InChI is InChI=1S/C15H21N3O/c1-9(2)18-13-7-6-11(19-3)8-12(13)17-15(18)14(16)10-4-5-10/h6-10,14H,4-5,16H2,1-3H3. The molecule has 0 spiro atoms. The SMILES string of the molecule is COc1ccc2c(c1)nc(C(N)C1CC1)n2C(C)C. The van der Waals surface area contributed by atoms with E-state index in [9.17, 15) is 0 Å². The van der Waals surface area contributed by atoms with Gasteiger partial charge in [-0.15, -0.1) is 0 Å². The molecule has 0 bridgehead atoms. The molecule has 4 nitrogen and oxygen atoms in total. The molecule has 0 aliphatic heterocycles. The van der Waals surface area contributed by atoms with E-state index in [1.54, 1.807) is 7.11 Å². The fraction of sp³-hybridized carbons (Fsp3) is 0.533. The van der Waals surface area contributed by atoms with Crippen LogP contribution in [0.25, 0.3) is 11.0 Å². The number of ether oxygens (including phenoxy) is 1. The van der Waals surface area contributed by atoms with Gasteiger partial charge < -0.3 is 15.0 Å². The maximum Gasteiger partial charge on any atom is 0.127 e. The Bertz CT molecular complexity index is 599. The number of methoxy groups -OCH3 is 1. The van der Waals surface area contributed by atoms with Crippen molar-refractivity contribution >= 4 is 11.0 Å². The predicted molar refractivity (Wildman–Crippen MR) is 76.3 cm³/mol. The Balaban J connectivity index is 2.16. The molecule has 19 heavy (non-hydrogen) atoms. The highest BCUT2D eigenvalue weighted by Crippen LogP contribution is 2.40. The van der Waals surface area contributed by atoms with Crippen molar-refractivity contribution in [2.45, 2.75) is 38.8 Å². The summed E-state index contributed by atoms with van der Waals surface area (Å²) in [5, 5.41) is 0. The minimum atomic E-state index is 0.0563. The zero-order valence-electron chi connectivity index (χ0n) is 11.8. The van der Waals surface area contributed by atoms with E-state index in [1.807, 2.05) is 12.1 Å². The lowest BCUT2D eigenvalue weighted by atomic mass is 10.2. The molecule has 1 heterocycles. The molecule has 4 heteroatoms. The van der Waals surface area contributed by atoms with Crippen LogP contribution >= 0.6 is 0 Å². The Labute approximate surface area is 113 Å². The Hall–Kier alpha value is -1.55. The van der Waals surface area contributed by atoms with Gasteiger partial charge in [0.2, 0.25) is 0 Å². The van der Waals surface area contributed by atoms with Crippen LogP contribution in [0.1, 0.15) is 44.6 Å². The minimum Gasteiger partial charge on any atom is -0.497 e. The molecule has 3 rings (SSSR count). The summed E-state index contributed by atoms with van der Waals surface area (Å²) in [4.78, 5) is 4.76. The van der Waals surface area contributed by atoms with Crippen LogP contribution in [0.2, 0.25) is 0 Å². The second-order valence-corrected chi connectivity index (χ2v) is 5.65. The van der Waals surface area contributed by atoms with Gasteiger partial charge in [-0.2, -0.15) is 0 Å². The van der Waals surface area contributed by atoms with Crippen LogP contribution in [-0.2, 0) is 0 Å². The lowest BCUT2D eigenvalue weighted by Gasteiger charge is -2.17. The van der Waals surface area contributed by atoms with Gasteiger partial charge in [0.25, 0.3) is 0 Å². The minimum absolute atomic E-state index is 0.0563. The molecule has 1 atom stereocenters. The van der Waals surface area contributed by atoms with Crippen molar-refractivity contribution in [3.63, 3.8) is 0 Å². The molecule has 1 aromatic carbocycles. The van der Waals surface area contributed by atoms with Crippen LogP contribution in [0.3, 0.4) is 0 Å². The van der Waals surface area contributed by atoms with Gasteiger partial charge in [-0.25, -0.2) is 4.98 Å². The predicted octanol–water partition coefficient (Wildman–Crippen LogP) is 3.04. The van der Waals surface area contributed by atoms with Crippen molar-refractivity contribution in [3.05, 3.63) is 24.0 Å². The van der Waals surface area contributed by atoms with Crippen molar-refractivity contribution in [1.82, 2.24) is 9.55 Å². The van der Waals surface area contributed by atoms with E-state index in [0.29, 0.717) is 12.0 Å². The number of aromatic nitrogens is 2. The summed E-state index contributed by atoms with van der Waals surface area (Å²) in [5.74, 6) is 2.46. The Morgan fingerprint density at radius 2 is 2.11 bits per heavy atom. The van der Waals surface area contributed by atoms with Crippen LogP contribution in [0.4, 0.5) is 0 Å². The van der Waals surface area contributed by atoms with Crippen molar-refractivity contribution in [2.24, 2.45) is 11.7 Å². The number of imidazole rings is 1. The lowest BCUT2D eigenvalue weighted by molar-refractivity contribution is 0.415. The molecule has 0 radical (unpaired) electrons. The lowest BCUT2D eigenvalue weighted by Crippen LogP contribution is -2.19. The van der Waals surface area contributed by atoms with Gasteiger partial charge >= 0.3 is 0 Å². The van der Waals surface area contributed by atoms with Crippen LogP contribution in [-0.4, -0.2) is 16.7 Å². The monoisotopic (exact) mass is 259 g/mol. The smallest absolute Gasteiger partial charge is 0.127 e. The third-order valence-electron chi connectivity index (χ3n) is 3.87. The zero-order valence-corrected chi connectivity index (χ0v) is 11.8. The molecule has 2 N–H and O–H groups in total. The Kier molecular flexibility index (Phi) is 2.97. The summed E-state index contributed by atoms with van der Waals surface area (Å²) in [6.07, 6.45) is 2.46. The number of nitrogens with zero attached hydrogens (tertiary/aromatic N) is 2. The van der Waals surface area contributed by atoms with Crippen LogP contribution in [0.5, 0.6) is 5.75 Å². The first-order valence-corrected chi connectivity index (χ1v) is 6.93. The topological polar surface area (TPSA) is 53.1 Å².